The van der Waals surface area contributed by atoms with Gasteiger partial charge in [0.25, 0.3) is 0 Å². The van der Waals surface area contributed by atoms with Crippen molar-refractivity contribution in [2.75, 3.05) is 0 Å². The van der Waals surface area contributed by atoms with Gasteiger partial charge in [-0.15, -0.1) is 0 Å². The van der Waals surface area contributed by atoms with Crippen LogP contribution in [0.2, 0.25) is 0 Å². The van der Waals surface area contributed by atoms with Gasteiger partial charge in [0.2, 0.25) is 6.10 Å². The van der Waals surface area contributed by atoms with Gasteiger partial charge in [-0.2, -0.15) is 18.4 Å². The van der Waals surface area contributed by atoms with Crippen LogP contribution < -0.4 is 4.74 Å². The number of esters is 1. The van der Waals surface area contributed by atoms with E-state index in [1.165, 1.54) is 12.1 Å². The van der Waals surface area contributed by atoms with Gasteiger partial charge < -0.3 is 9.47 Å². The summed E-state index contributed by atoms with van der Waals surface area (Å²) in [5, 5.41) is 9.59. The van der Waals surface area contributed by atoms with E-state index in [4.69, 9.17) is 32.7 Å². The van der Waals surface area contributed by atoms with Gasteiger partial charge >= 0.3 is 12.1 Å². The summed E-state index contributed by atoms with van der Waals surface area (Å²) in [6, 6.07) is 21.7. The maximum atomic E-state index is 12.8. The Morgan fingerprint density at radius 1 is 0.971 bits per heavy atom. The Morgan fingerprint density at radius 3 is 2.24 bits per heavy atom. The van der Waals surface area contributed by atoms with Crippen molar-refractivity contribution in [3.05, 3.63) is 95.6 Å². The van der Waals surface area contributed by atoms with E-state index in [-0.39, 0.29) is 0 Å². The molecule has 3 aromatic carbocycles. The smallest absolute Gasteiger partial charge is 0.416 e. The van der Waals surface area contributed by atoms with Crippen molar-refractivity contribution in [1.82, 2.24) is 0 Å². The van der Waals surface area contributed by atoms with Crippen LogP contribution in [0.5, 0.6) is 11.5 Å². The molecule has 0 aromatic heterocycles. The zero-order chi connectivity index (χ0) is 24.5. The normalized spacial score (nSPS) is 19.5. The number of rotatable bonds is 6. The number of benzene rings is 3. The standard InChI is InChI=1S/C25H16Cl2F3NO3/c26-24(27)21(15-9-11-17(12-10-15)25(28,29)30)22(24)23(32)34-20(14-31)16-5-4-8-19(13-16)33-18-6-2-1-3-7-18/h1-13,20-22H. The first-order chi connectivity index (χ1) is 16.1. The number of hydrogen-bond donors (Lipinski definition) is 0. The molecule has 0 aliphatic heterocycles. The Morgan fingerprint density at radius 2 is 1.62 bits per heavy atom. The zero-order valence-electron chi connectivity index (χ0n) is 17.3. The molecule has 1 aliphatic carbocycles. The molecular formula is C25H16Cl2F3NO3. The summed E-state index contributed by atoms with van der Waals surface area (Å²) in [6.07, 6.45) is -5.75. The molecule has 0 saturated heterocycles. The molecule has 0 heterocycles. The van der Waals surface area contributed by atoms with Crippen LogP contribution in [0.1, 0.15) is 28.7 Å². The van der Waals surface area contributed by atoms with Crippen LogP contribution in [-0.2, 0) is 15.7 Å². The number of nitrogens with zero attached hydrogens (tertiary/aromatic N) is 1. The lowest BCUT2D eigenvalue weighted by atomic mass is 10.1. The van der Waals surface area contributed by atoms with E-state index >= 15 is 0 Å². The predicted octanol–water partition coefficient (Wildman–Crippen LogP) is 7.19. The summed E-state index contributed by atoms with van der Waals surface area (Å²) in [7, 11) is 0. The fourth-order valence-corrected chi connectivity index (χ4v) is 4.45. The number of ether oxygens (including phenoxy) is 2. The molecule has 34 heavy (non-hydrogen) atoms. The second kappa shape index (κ2) is 9.21. The Hall–Kier alpha value is -3.21. The Labute approximate surface area is 203 Å². The van der Waals surface area contributed by atoms with Crippen LogP contribution in [-0.4, -0.2) is 10.3 Å². The number of nitriles is 1. The van der Waals surface area contributed by atoms with Crippen molar-refractivity contribution >= 4 is 29.2 Å². The molecule has 1 aliphatic rings. The van der Waals surface area contributed by atoms with Crippen molar-refractivity contribution in [1.29, 1.82) is 5.26 Å². The van der Waals surface area contributed by atoms with Gasteiger partial charge in [-0.05, 0) is 42.0 Å². The van der Waals surface area contributed by atoms with E-state index in [0.29, 0.717) is 22.6 Å². The highest BCUT2D eigenvalue weighted by Crippen LogP contribution is 2.65. The number of alkyl halides is 5. The first kappa shape index (κ1) is 23.9. The van der Waals surface area contributed by atoms with Gasteiger partial charge in [-0.25, -0.2) is 0 Å². The van der Waals surface area contributed by atoms with Gasteiger partial charge in [-0.1, -0.05) is 65.7 Å². The molecule has 3 unspecified atom stereocenters. The van der Waals surface area contributed by atoms with Crippen molar-refractivity contribution in [2.24, 2.45) is 5.92 Å². The molecule has 1 fully saturated rings. The van der Waals surface area contributed by atoms with Crippen LogP contribution in [0, 0.1) is 17.2 Å². The lowest BCUT2D eigenvalue weighted by molar-refractivity contribution is -0.148. The maximum absolute atomic E-state index is 12.8. The van der Waals surface area contributed by atoms with E-state index in [1.807, 2.05) is 24.3 Å². The Bertz CT molecular complexity index is 1220. The Balaban J connectivity index is 1.47. The van der Waals surface area contributed by atoms with E-state index in [1.54, 1.807) is 36.4 Å². The predicted molar refractivity (Wildman–Crippen MR) is 120 cm³/mol. The molecule has 0 radical (unpaired) electrons. The van der Waals surface area contributed by atoms with Gasteiger partial charge in [0.05, 0.1) is 5.56 Å². The molecule has 174 valence electrons. The van der Waals surface area contributed by atoms with Crippen LogP contribution in [0.3, 0.4) is 0 Å². The van der Waals surface area contributed by atoms with Crippen molar-refractivity contribution in [3.8, 4) is 17.6 Å². The molecule has 0 amide bonds. The summed E-state index contributed by atoms with van der Waals surface area (Å²) >= 11 is 12.5. The lowest BCUT2D eigenvalue weighted by Gasteiger charge is -2.13. The van der Waals surface area contributed by atoms with E-state index in [0.717, 1.165) is 12.1 Å². The number of halogens is 5. The molecule has 0 bridgehead atoms. The minimum atomic E-state index is -4.49. The number of carbonyl (C=O) groups excluding carboxylic acids is 1. The first-order valence-corrected chi connectivity index (χ1v) is 10.8. The van der Waals surface area contributed by atoms with Gasteiger partial charge in [0.15, 0.2) is 0 Å². The van der Waals surface area contributed by atoms with Crippen LogP contribution in [0.15, 0.2) is 78.9 Å². The Kier molecular flexibility index (Phi) is 6.48. The molecule has 3 atom stereocenters. The van der Waals surface area contributed by atoms with Crippen LogP contribution >= 0.6 is 23.2 Å². The van der Waals surface area contributed by atoms with Crippen molar-refractivity contribution < 1.29 is 27.4 Å². The number of carbonyl (C=O) groups is 1. The van der Waals surface area contributed by atoms with Gasteiger partial charge in [0, 0.05) is 11.5 Å². The quantitative estimate of drug-likeness (QED) is 0.262. The third kappa shape index (κ3) is 4.98. The molecule has 0 spiro atoms. The first-order valence-electron chi connectivity index (χ1n) is 10.1. The highest BCUT2D eigenvalue weighted by Gasteiger charge is 2.68. The summed E-state index contributed by atoms with van der Waals surface area (Å²) in [5.41, 5.74) is -0.0783. The fourth-order valence-electron chi connectivity index (χ4n) is 3.64. The van der Waals surface area contributed by atoms with E-state index in [2.05, 4.69) is 0 Å². The molecule has 0 N–H and O–H groups in total. The topological polar surface area (TPSA) is 59.3 Å². The van der Waals surface area contributed by atoms with Gasteiger partial charge in [-0.3, -0.25) is 4.79 Å². The van der Waals surface area contributed by atoms with Crippen LogP contribution in [0.4, 0.5) is 13.2 Å². The summed E-state index contributed by atoms with van der Waals surface area (Å²) in [6.45, 7) is 0. The fraction of sp³-hybridized carbons (Fsp3) is 0.200. The highest BCUT2D eigenvalue weighted by atomic mass is 35.5. The minimum absolute atomic E-state index is 0.367. The second-order valence-corrected chi connectivity index (χ2v) is 9.13. The highest BCUT2D eigenvalue weighted by molar-refractivity contribution is 6.53. The van der Waals surface area contributed by atoms with E-state index in [9.17, 15) is 23.2 Å². The third-order valence-electron chi connectivity index (χ3n) is 5.40. The molecule has 4 rings (SSSR count). The number of para-hydroxylation sites is 1. The lowest BCUT2D eigenvalue weighted by Crippen LogP contribution is -2.14. The van der Waals surface area contributed by atoms with E-state index < -0.39 is 40.0 Å². The van der Waals surface area contributed by atoms with Crippen molar-refractivity contribution in [2.45, 2.75) is 22.5 Å². The summed E-state index contributed by atoms with van der Waals surface area (Å²) in [4.78, 5) is 12.8. The zero-order valence-corrected chi connectivity index (χ0v) is 18.8. The molecule has 3 aromatic rings. The van der Waals surface area contributed by atoms with Gasteiger partial charge in [0.1, 0.15) is 27.8 Å². The minimum Gasteiger partial charge on any atom is -0.457 e. The average molecular weight is 506 g/mol. The number of hydrogen-bond acceptors (Lipinski definition) is 4. The summed E-state index contributed by atoms with van der Waals surface area (Å²) < 4.78 is 48.0. The molecule has 1 saturated carbocycles. The summed E-state index contributed by atoms with van der Waals surface area (Å²) in [5.74, 6) is -1.59. The van der Waals surface area contributed by atoms with Crippen LogP contribution in [0.25, 0.3) is 0 Å². The largest absolute Gasteiger partial charge is 0.457 e. The van der Waals surface area contributed by atoms with Crippen molar-refractivity contribution in [3.63, 3.8) is 0 Å². The monoisotopic (exact) mass is 505 g/mol. The second-order valence-electron chi connectivity index (χ2n) is 7.68. The SMILES string of the molecule is N#CC(OC(=O)C1C(c2ccc(C(F)(F)F)cc2)C1(Cl)Cl)c1cccc(Oc2ccccc2)c1. The average Bonchev–Trinajstić information content (AvgIpc) is 3.39. The maximum Gasteiger partial charge on any atom is 0.416 e. The molecule has 9 heteroatoms. The molecule has 4 nitrogen and oxygen atoms in total. The third-order valence-corrected chi connectivity index (χ3v) is 6.34. The molecular weight excluding hydrogens is 490 g/mol.